The molecule has 6 nitrogen and oxygen atoms in total. The van der Waals surface area contributed by atoms with Crippen LogP contribution in [0.25, 0.3) is 11.1 Å². The SMILES string of the molecule is COC(=O)C1Cc2c(N)cccc2CN1C(=O)OCC1c2ccccc2-c2ccccc21. The minimum atomic E-state index is -0.771. The topological polar surface area (TPSA) is 81.9 Å². The summed E-state index contributed by atoms with van der Waals surface area (Å²) < 4.78 is 10.8. The van der Waals surface area contributed by atoms with Crippen molar-refractivity contribution in [3.8, 4) is 11.1 Å². The van der Waals surface area contributed by atoms with Crippen molar-refractivity contribution < 1.29 is 19.1 Å². The molecule has 0 spiro atoms. The van der Waals surface area contributed by atoms with Crippen LogP contribution in [0.3, 0.4) is 0 Å². The number of esters is 1. The molecule has 0 bridgehead atoms. The number of fused-ring (bicyclic) bond motifs is 4. The second-order valence-corrected chi connectivity index (χ2v) is 8.16. The van der Waals surface area contributed by atoms with E-state index in [9.17, 15) is 9.59 Å². The number of hydrogen-bond donors (Lipinski definition) is 1. The molecule has 1 heterocycles. The van der Waals surface area contributed by atoms with Crippen LogP contribution >= 0.6 is 0 Å². The molecule has 32 heavy (non-hydrogen) atoms. The highest BCUT2D eigenvalue weighted by Gasteiger charge is 2.38. The van der Waals surface area contributed by atoms with Gasteiger partial charge in [0, 0.05) is 18.0 Å². The predicted octanol–water partition coefficient (Wildman–Crippen LogP) is 4.12. The molecule has 2 aliphatic rings. The van der Waals surface area contributed by atoms with Crippen LogP contribution in [0.15, 0.2) is 66.7 Å². The largest absolute Gasteiger partial charge is 0.467 e. The molecule has 5 rings (SSSR count). The van der Waals surface area contributed by atoms with Crippen molar-refractivity contribution in [2.24, 2.45) is 0 Å². The molecule has 1 atom stereocenters. The fourth-order valence-corrected chi connectivity index (χ4v) is 4.86. The monoisotopic (exact) mass is 428 g/mol. The summed E-state index contributed by atoms with van der Waals surface area (Å²) >= 11 is 0. The Labute approximate surface area is 186 Å². The third-order valence-electron chi connectivity index (χ3n) is 6.47. The number of amides is 1. The van der Waals surface area contributed by atoms with Gasteiger partial charge in [-0.3, -0.25) is 4.90 Å². The standard InChI is InChI=1S/C26H24N2O4/c1-31-25(29)24-13-21-16(7-6-12-23(21)27)14-28(24)26(30)32-15-22-19-10-4-2-8-17(19)18-9-3-5-11-20(18)22/h2-12,22,24H,13-15,27H2,1H3. The van der Waals surface area contributed by atoms with E-state index in [1.54, 1.807) is 6.07 Å². The lowest BCUT2D eigenvalue weighted by molar-refractivity contribution is -0.147. The highest BCUT2D eigenvalue weighted by molar-refractivity contribution is 5.83. The zero-order valence-electron chi connectivity index (χ0n) is 17.8. The summed E-state index contributed by atoms with van der Waals surface area (Å²) in [5.74, 6) is -0.525. The van der Waals surface area contributed by atoms with E-state index in [4.69, 9.17) is 15.2 Å². The normalized spacial score (nSPS) is 16.7. The number of rotatable bonds is 3. The van der Waals surface area contributed by atoms with Gasteiger partial charge in [0.15, 0.2) is 0 Å². The van der Waals surface area contributed by atoms with E-state index in [1.807, 2.05) is 36.4 Å². The number of anilines is 1. The van der Waals surface area contributed by atoms with Gasteiger partial charge in [0.1, 0.15) is 12.6 Å². The Morgan fingerprint density at radius 1 is 0.969 bits per heavy atom. The van der Waals surface area contributed by atoms with Gasteiger partial charge in [0.2, 0.25) is 0 Å². The predicted molar refractivity (Wildman–Crippen MR) is 121 cm³/mol. The first-order valence-corrected chi connectivity index (χ1v) is 10.6. The van der Waals surface area contributed by atoms with E-state index < -0.39 is 18.1 Å². The van der Waals surface area contributed by atoms with Gasteiger partial charge in [-0.15, -0.1) is 0 Å². The van der Waals surface area contributed by atoms with Crippen molar-refractivity contribution in [3.63, 3.8) is 0 Å². The van der Waals surface area contributed by atoms with Gasteiger partial charge in [-0.05, 0) is 39.4 Å². The maximum Gasteiger partial charge on any atom is 0.410 e. The number of methoxy groups -OCH3 is 1. The molecular weight excluding hydrogens is 404 g/mol. The molecule has 1 aliphatic carbocycles. The summed E-state index contributed by atoms with van der Waals surface area (Å²) in [4.78, 5) is 27.1. The lowest BCUT2D eigenvalue weighted by Gasteiger charge is -2.35. The van der Waals surface area contributed by atoms with Gasteiger partial charge in [-0.1, -0.05) is 60.7 Å². The smallest absolute Gasteiger partial charge is 0.410 e. The van der Waals surface area contributed by atoms with Crippen molar-refractivity contribution in [1.29, 1.82) is 0 Å². The minimum absolute atomic E-state index is 0.0457. The third kappa shape index (κ3) is 3.28. The second kappa shape index (κ2) is 8.04. The molecular formula is C26H24N2O4. The van der Waals surface area contributed by atoms with Crippen molar-refractivity contribution in [2.75, 3.05) is 19.5 Å². The second-order valence-electron chi connectivity index (χ2n) is 8.16. The van der Waals surface area contributed by atoms with Gasteiger partial charge >= 0.3 is 12.1 Å². The van der Waals surface area contributed by atoms with Gasteiger partial charge < -0.3 is 15.2 Å². The summed E-state index contributed by atoms with van der Waals surface area (Å²) in [5, 5.41) is 0. The number of benzene rings is 3. The lowest BCUT2D eigenvalue weighted by atomic mass is 9.93. The van der Waals surface area contributed by atoms with Crippen molar-refractivity contribution in [2.45, 2.75) is 24.9 Å². The molecule has 1 aliphatic heterocycles. The van der Waals surface area contributed by atoms with Crippen LogP contribution in [0.5, 0.6) is 0 Å². The van der Waals surface area contributed by atoms with Crippen LogP contribution in [-0.2, 0) is 27.2 Å². The van der Waals surface area contributed by atoms with Crippen LogP contribution in [0, 0.1) is 0 Å². The number of carbonyl (C=O) groups excluding carboxylic acids is 2. The van der Waals surface area contributed by atoms with Crippen LogP contribution in [-0.4, -0.2) is 36.7 Å². The van der Waals surface area contributed by atoms with Crippen molar-refractivity contribution in [1.82, 2.24) is 4.90 Å². The summed E-state index contributed by atoms with van der Waals surface area (Å²) in [6.45, 7) is 0.442. The minimum Gasteiger partial charge on any atom is -0.467 e. The van der Waals surface area contributed by atoms with Gasteiger partial charge in [0.05, 0.1) is 13.7 Å². The molecule has 0 saturated heterocycles. The highest BCUT2D eigenvalue weighted by atomic mass is 16.6. The quantitative estimate of drug-likeness (QED) is 0.501. The molecule has 0 saturated carbocycles. The van der Waals surface area contributed by atoms with E-state index >= 15 is 0 Å². The molecule has 3 aromatic carbocycles. The summed E-state index contributed by atoms with van der Waals surface area (Å²) in [6.07, 6.45) is -0.228. The maximum atomic E-state index is 13.2. The average molecular weight is 428 g/mol. The summed E-state index contributed by atoms with van der Waals surface area (Å²) in [7, 11) is 1.32. The zero-order valence-corrected chi connectivity index (χ0v) is 17.8. The van der Waals surface area contributed by atoms with Crippen LogP contribution in [0.2, 0.25) is 0 Å². The fraction of sp³-hybridized carbons (Fsp3) is 0.231. The maximum absolute atomic E-state index is 13.2. The first kappa shape index (κ1) is 20.1. The van der Waals surface area contributed by atoms with Crippen LogP contribution < -0.4 is 5.73 Å². The van der Waals surface area contributed by atoms with Gasteiger partial charge in [-0.25, -0.2) is 9.59 Å². The Balaban J connectivity index is 1.39. The van der Waals surface area contributed by atoms with E-state index in [-0.39, 0.29) is 19.1 Å². The van der Waals surface area contributed by atoms with E-state index in [2.05, 4.69) is 24.3 Å². The number of nitrogen functional groups attached to an aromatic ring is 1. The highest BCUT2D eigenvalue weighted by Crippen LogP contribution is 2.44. The molecule has 0 aromatic heterocycles. The van der Waals surface area contributed by atoms with Crippen molar-refractivity contribution >= 4 is 17.7 Å². The Morgan fingerprint density at radius 2 is 1.62 bits per heavy atom. The third-order valence-corrected chi connectivity index (χ3v) is 6.47. The Kier molecular flexibility index (Phi) is 5.05. The molecule has 0 fully saturated rings. The molecule has 3 aromatic rings. The Morgan fingerprint density at radius 3 is 2.28 bits per heavy atom. The molecule has 0 radical (unpaired) electrons. The van der Waals surface area contributed by atoms with E-state index in [0.29, 0.717) is 12.1 Å². The fourth-order valence-electron chi connectivity index (χ4n) is 4.86. The number of ether oxygens (including phenoxy) is 2. The average Bonchev–Trinajstić information content (AvgIpc) is 3.15. The number of hydrogen-bond acceptors (Lipinski definition) is 5. The lowest BCUT2D eigenvalue weighted by Crippen LogP contribution is -2.49. The molecule has 2 N–H and O–H groups in total. The van der Waals surface area contributed by atoms with Crippen LogP contribution in [0.1, 0.15) is 28.2 Å². The van der Waals surface area contributed by atoms with Crippen molar-refractivity contribution in [3.05, 3.63) is 89.0 Å². The molecule has 1 amide bonds. The number of nitrogens with zero attached hydrogens (tertiary/aromatic N) is 1. The zero-order chi connectivity index (χ0) is 22.2. The number of carbonyl (C=O) groups is 2. The van der Waals surface area contributed by atoms with E-state index in [1.165, 1.54) is 23.1 Å². The Hall–Kier alpha value is -3.80. The molecule has 1 unspecified atom stereocenters. The van der Waals surface area contributed by atoms with Crippen LogP contribution in [0.4, 0.5) is 10.5 Å². The summed E-state index contributed by atoms with van der Waals surface area (Å²) in [5.41, 5.74) is 13.1. The Bertz CT molecular complexity index is 1160. The first-order valence-electron chi connectivity index (χ1n) is 10.6. The molecule has 6 heteroatoms. The van der Waals surface area contributed by atoms with Gasteiger partial charge in [-0.2, -0.15) is 0 Å². The molecule has 162 valence electrons. The van der Waals surface area contributed by atoms with Gasteiger partial charge in [0.25, 0.3) is 0 Å². The first-order chi connectivity index (χ1) is 15.6. The number of nitrogens with two attached hydrogens (primary N) is 1. The summed E-state index contributed by atoms with van der Waals surface area (Å²) in [6, 6.07) is 21.2. The van der Waals surface area contributed by atoms with E-state index in [0.717, 1.165) is 22.3 Å².